The van der Waals surface area contributed by atoms with Gasteiger partial charge in [-0.2, -0.15) is 0 Å². The number of aryl methyl sites for hydroxylation is 2. The average molecular weight is 274 g/mol. The first-order chi connectivity index (χ1) is 9.47. The molecule has 2 rings (SSSR count). The van der Waals surface area contributed by atoms with Gasteiger partial charge in [-0.1, -0.05) is 30.2 Å². The van der Waals surface area contributed by atoms with Gasteiger partial charge >= 0.3 is 0 Å². The van der Waals surface area contributed by atoms with Crippen LogP contribution in [0.2, 0.25) is 0 Å². The average Bonchev–Trinajstić information content (AvgIpc) is 2.38. The molecule has 110 valence electrons. The highest BCUT2D eigenvalue weighted by atomic mass is 16.1. The standard InChI is InChI=1S/C17H26N2O/c1-11-7-8-16(12(2)9-11)13(3)19-17(20)14-5-4-6-15(18)10-14/h7-9,13-15H,4-6,10,18H2,1-3H3,(H,19,20). The Bertz CT molecular complexity index is 484. The Morgan fingerprint density at radius 1 is 1.35 bits per heavy atom. The van der Waals surface area contributed by atoms with Gasteiger partial charge in [0.15, 0.2) is 0 Å². The number of amides is 1. The minimum absolute atomic E-state index is 0.0567. The summed E-state index contributed by atoms with van der Waals surface area (Å²) in [5.41, 5.74) is 9.65. The number of carbonyl (C=O) groups excluding carboxylic acids is 1. The molecule has 1 aliphatic rings. The molecule has 1 saturated carbocycles. The van der Waals surface area contributed by atoms with E-state index in [1.165, 1.54) is 16.7 Å². The van der Waals surface area contributed by atoms with Crippen molar-refractivity contribution in [2.45, 2.75) is 58.5 Å². The Balaban J connectivity index is 1.99. The quantitative estimate of drug-likeness (QED) is 0.890. The van der Waals surface area contributed by atoms with Crippen molar-refractivity contribution in [3.05, 3.63) is 34.9 Å². The first-order valence-electron chi connectivity index (χ1n) is 7.60. The molecule has 3 atom stereocenters. The van der Waals surface area contributed by atoms with Crippen molar-refractivity contribution in [2.75, 3.05) is 0 Å². The van der Waals surface area contributed by atoms with Crippen LogP contribution in [0.1, 0.15) is 55.3 Å². The van der Waals surface area contributed by atoms with Crippen LogP contribution in [0.25, 0.3) is 0 Å². The molecule has 1 amide bonds. The van der Waals surface area contributed by atoms with Gasteiger partial charge in [0.25, 0.3) is 0 Å². The highest BCUT2D eigenvalue weighted by Gasteiger charge is 2.26. The van der Waals surface area contributed by atoms with Crippen LogP contribution < -0.4 is 11.1 Å². The molecule has 0 bridgehead atoms. The van der Waals surface area contributed by atoms with Crippen molar-refractivity contribution < 1.29 is 4.79 Å². The second-order valence-corrected chi connectivity index (χ2v) is 6.21. The summed E-state index contributed by atoms with van der Waals surface area (Å²) in [5.74, 6) is 0.250. The van der Waals surface area contributed by atoms with E-state index >= 15 is 0 Å². The number of nitrogens with two attached hydrogens (primary N) is 1. The van der Waals surface area contributed by atoms with E-state index in [0.717, 1.165) is 25.7 Å². The molecule has 0 radical (unpaired) electrons. The first-order valence-corrected chi connectivity index (χ1v) is 7.60. The van der Waals surface area contributed by atoms with Gasteiger partial charge < -0.3 is 11.1 Å². The van der Waals surface area contributed by atoms with Crippen molar-refractivity contribution in [1.82, 2.24) is 5.32 Å². The Kier molecular flexibility index (Phi) is 4.81. The summed E-state index contributed by atoms with van der Waals surface area (Å²) in [5, 5.41) is 3.15. The van der Waals surface area contributed by atoms with Gasteiger partial charge in [-0.25, -0.2) is 0 Å². The zero-order chi connectivity index (χ0) is 14.7. The molecule has 3 N–H and O–H groups in total. The van der Waals surface area contributed by atoms with Gasteiger partial charge in [-0.15, -0.1) is 0 Å². The Labute approximate surface area is 121 Å². The van der Waals surface area contributed by atoms with Gasteiger partial charge in [-0.05, 0) is 51.2 Å². The first kappa shape index (κ1) is 15.0. The maximum absolute atomic E-state index is 12.3. The van der Waals surface area contributed by atoms with Crippen LogP contribution >= 0.6 is 0 Å². The van der Waals surface area contributed by atoms with Gasteiger partial charge in [0, 0.05) is 12.0 Å². The van der Waals surface area contributed by atoms with Crippen molar-refractivity contribution in [1.29, 1.82) is 0 Å². The zero-order valence-corrected chi connectivity index (χ0v) is 12.8. The van der Waals surface area contributed by atoms with Crippen LogP contribution in [0.15, 0.2) is 18.2 Å². The van der Waals surface area contributed by atoms with Crippen LogP contribution in [0.3, 0.4) is 0 Å². The van der Waals surface area contributed by atoms with Gasteiger partial charge in [0.2, 0.25) is 5.91 Å². The molecule has 0 spiro atoms. The third kappa shape index (κ3) is 3.60. The molecule has 0 heterocycles. The predicted molar refractivity (Wildman–Crippen MR) is 82.4 cm³/mol. The maximum Gasteiger partial charge on any atom is 0.223 e. The predicted octanol–water partition coefficient (Wildman–Crippen LogP) is 3.00. The molecule has 0 aromatic heterocycles. The van der Waals surface area contributed by atoms with Crippen molar-refractivity contribution in [2.24, 2.45) is 11.7 Å². The fourth-order valence-electron chi connectivity index (χ4n) is 3.19. The Morgan fingerprint density at radius 3 is 2.75 bits per heavy atom. The molecular formula is C17H26N2O. The zero-order valence-electron chi connectivity index (χ0n) is 12.8. The molecular weight excluding hydrogens is 248 g/mol. The number of carbonyl (C=O) groups is 1. The van der Waals surface area contributed by atoms with Gasteiger partial charge in [-0.3, -0.25) is 4.79 Å². The van der Waals surface area contributed by atoms with Crippen molar-refractivity contribution >= 4 is 5.91 Å². The molecule has 1 aliphatic carbocycles. The smallest absolute Gasteiger partial charge is 0.223 e. The van der Waals surface area contributed by atoms with Crippen LogP contribution in [-0.2, 0) is 4.79 Å². The van der Waals surface area contributed by atoms with E-state index in [9.17, 15) is 4.79 Å². The summed E-state index contributed by atoms with van der Waals surface area (Å²) in [6.45, 7) is 6.24. The molecule has 1 aromatic carbocycles. The second-order valence-electron chi connectivity index (χ2n) is 6.21. The number of rotatable bonds is 3. The lowest BCUT2D eigenvalue weighted by atomic mass is 9.85. The summed E-state index contributed by atoms with van der Waals surface area (Å²) in [6.07, 6.45) is 3.91. The van der Waals surface area contributed by atoms with E-state index in [0.29, 0.717) is 0 Å². The second kappa shape index (κ2) is 6.40. The lowest BCUT2D eigenvalue weighted by molar-refractivity contribution is -0.126. The highest BCUT2D eigenvalue weighted by Crippen LogP contribution is 2.25. The van der Waals surface area contributed by atoms with Gasteiger partial charge in [0.05, 0.1) is 6.04 Å². The Hall–Kier alpha value is -1.35. The fourth-order valence-corrected chi connectivity index (χ4v) is 3.19. The lowest BCUT2D eigenvalue weighted by Crippen LogP contribution is -2.38. The van der Waals surface area contributed by atoms with Crippen LogP contribution in [0, 0.1) is 19.8 Å². The summed E-state index contributed by atoms with van der Waals surface area (Å²) in [4.78, 5) is 12.3. The number of benzene rings is 1. The minimum atomic E-state index is 0.0567. The minimum Gasteiger partial charge on any atom is -0.349 e. The monoisotopic (exact) mass is 274 g/mol. The normalized spacial score (nSPS) is 24.2. The largest absolute Gasteiger partial charge is 0.349 e. The van der Waals surface area contributed by atoms with E-state index in [2.05, 4.69) is 44.3 Å². The molecule has 3 unspecified atom stereocenters. The topological polar surface area (TPSA) is 55.1 Å². The van der Waals surface area contributed by atoms with Crippen LogP contribution in [-0.4, -0.2) is 11.9 Å². The summed E-state index contributed by atoms with van der Waals surface area (Å²) in [6, 6.07) is 6.62. The van der Waals surface area contributed by atoms with Gasteiger partial charge in [0.1, 0.15) is 0 Å². The molecule has 3 nitrogen and oxygen atoms in total. The number of hydrogen-bond acceptors (Lipinski definition) is 2. The molecule has 0 saturated heterocycles. The maximum atomic E-state index is 12.3. The number of hydrogen-bond donors (Lipinski definition) is 2. The van der Waals surface area contributed by atoms with Crippen molar-refractivity contribution in [3.8, 4) is 0 Å². The van der Waals surface area contributed by atoms with E-state index in [4.69, 9.17) is 5.73 Å². The third-order valence-corrected chi connectivity index (χ3v) is 4.34. The third-order valence-electron chi connectivity index (χ3n) is 4.34. The van der Waals surface area contributed by atoms with E-state index in [1.54, 1.807) is 0 Å². The Morgan fingerprint density at radius 2 is 2.10 bits per heavy atom. The molecule has 3 heteroatoms. The van der Waals surface area contributed by atoms with E-state index < -0.39 is 0 Å². The molecule has 0 aliphatic heterocycles. The lowest BCUT2D eigenvalue weighted by Gasteiger charge is -2.27. The molecule has 1 aromatic rings. The van der Waals surface area contributed by atoms with E-state index in [-0.39, 0.29) is 23.9 Å². The molecule has 1 fully saturated rings. The van der Waals surface area contributed by atoms with Crippen LogP contribution in [0.4, 0.5) is 0 Å². The summed E-state index contributed by atoms with van der Waals surface area (Å²) < 4.78 is 0. The number of nitrogens with one attached hydrogen (secondary N) is 1. The fraction of sp³-hybridized carbons (Fsp3) is 0.588. The van der Waals surface area contributed by atoms with Crippen molar-refractivity contribution in [3.63, 3.8) is 0 Å². The summed E-state index contributed by atoms with van der Waals surface area (Å²) >= 11 is 0. The summed E-state index contributed by atoms with van der Waals surface area (Å²) in [7, 11) is 0. The highest BCUT2D eigenvalue weighted by molar-refractivity contribution is 5.79. The van der Waals surface area contributed by atoms with E-state index in [1.807, 2.05) is 0 Å². The SMILES string of the molecule is Cc1ccc(C(C)NC(=O)C2CCCC(N)C2)c(C)c1. The molecule has 20 heavy (non-hydrogen) atoms. The van der Waals surface area contributed by atoms with Crippen LogP contribution in [0.5, 0.6) is 0 Å².